The van der Waals surface area contributed by atoms with Crippen molar-refractivity contribution in [3.8, 4) is 0 Å². The molecule has 0 N–H and O–H groups in total. The highest BCUT2D eigenvalue weighted by molar-refractivity contribution is 7.41. The van der Waals surface area contributed by atoms with Gasteiger partial charge >= 0.3 is 8.60 Å². The minimum absolute atomic E-state index is 0.492. The van der Waals surface area contributed by atoms with Crippen LogP contribution in [-0.4, -0.2) is 24.2 Å². The van der Waals surface area contributed by atoms with E-state index in [-0.39, 0.29) is 0 Å². The lowest BCUT2D eigenvalue weighted by atomic mass is 9.72. The van der Waals surface area contributed by atoms with Crippen LogP contribution < -0.4 is 0 Å². The first-order chi connectivity index (χ1) is 29.0. The van der Waals surface area contributed by atoms with E-state index in [9.17, 15) is 0 Å². The lowest BCUT2D eigenvalue weighted by Crippen LogP contribution is -2.53. The van der Waals surface area contributed by atoms with E-state index in [2.05, 4.69) is 72.8 Å². The van der Waals surface area contributed by atoms with E-state index in [0.717, 1.165) is 38.9 Å². The first-order valence-corrected chi connectivity index (χ1v) is 21.2. The molecule has 0 radical (unpaired) electrons. The van der Waals surface area contributed by atoms with E-state index in [1.54, 1.807) is 0 Å². The van der Waals surface area contributed by atoms with Gasteiger partial charge in [-0.1, -0.05) is 212 Å². The summed E-state index contributed by atoms with van der Waals surface area (Å²) in [6.07, 6.45) is -0.191. The molecule has 0 aromatic heterocycles. The van der Waals surface area contributed by atoms with Gasteiger partial charge in [-0.25, -0.2) is 0 Å². The molecule has 0 unspecified atom stereocenters. The molecule has 4 atom stereocenters. The third-order valence-corrected chi connectivity index (χ3v) is 12.4. The van der Waals surface area contributed by atoms with Gasteiger partial charge in [0, 0.05) is 6.21 Å². The molecule has 7 heteroatoms. The normalized spacial score (nSPS) is 20.6. The van der Waals surface area contributed by atoms with Crippen molar-refractivity contribution in [3.63, 3.8) is 0 Å². The summed E-state index contributed by atoms with van der Waals surface area (Å²) in [4.78, 5) is 5.31. The monoisotopic (exact) mass is 795 g/mol. The van der Waals surface area contributed by atoms with Gasteiger partial charge in [0.05, 0.1) is 0 Å². The summed E-state index contributed by atoms with van der Waals surface area (Å²) in [5, 5.41) is 0. The summed E-state index contributed by atoms with van der Waals surface area (Å²) in [7, 11) is -2.31. The lowest BCUT2D eigenvalue weighted by molar-refractivity contribution is -0.177. The molecule has 2 aliphatic heterocycles. The fourth-order valence-corrected chi connectivity index (χ4v) is 10.1. The lowest BCUT2D eigenvalue weighted by Gasteiger charge is -2.41. The number of aliphatic imine (C=N–C) groups is 1. The minimum atomic E-state index is -2.31. The molecule has 2 fully saturated rings. The standard InChI is InChI=1S/C52H46NO5P/c1-50(2)54-48-49(55-50)52(44-34-20-8-21-35-44,45-36-22-9-23-37-45)58-59(57-51(48,42-30-16-6-17-31-42)43-32-18-7-19-33-43)56-47(41-28-14-5-15-29-41)46(40-26-12-4-13-27-40)53-38-39-24-10-3-11-25-39/h3-38,46-49H,1-2H3/t46-,47+,48-,49-/m1/s1. The summed E-state index contributed by atoms with van der Waals surface area (Å²) in [5.41, 5.74) is 3.90. The molecule has 6 nitrogen and oxygen atoms in total. The second-order valence-corrected chi connectivity index (χ2v) is 16.3. The van der Waals surface area contributed by atoms with Crippen LogP contribution in [0.3, 0.4) is 0 Å². The average Bonchev–Trinajstić information content (AvgIpc) is 3.58. The van der Waals surface area contributed by atoms with Gasteiger partial charge < -0.3 is 14.0 Å². The van der Waals surface area contributed by atoms with Crippen molar-refractivity contribution in [2.45, 2.75) is 55.2 Å². The topological polar surface area (TPSA) is 58.5 Å². The molecule has 0 saturated carbocycles. The van der Waals surface area contributed by atoms with Gasteiger partial charge in [0.2, 0.25) is 0 Å². The molecule has 7 aromatic carbocycles. The molecule has 59 heavy (non-hydrogen) atoms. The zero-order valence-corrected chi connectivity index (χ0v) is 33.9. The quantitative estimate of drug-likeness (QED) is 0.0964. The Balaban J connectivity index is 1.31. The molecular weight excluding hydrogens is 750 g/mol. The van der Waals surface area contributed by atoms with Crippen molar-refractivity contribution in [2.75, 3.05) is 0 Å². The maximum atomic E-state index is 7.74. The third-order valence-electron chi connectivity index (χ3n) is 11.1. The van der Waals surface area contributed by atoms with Crippen LogP contribution in [0.5, 0.6) is 0 Å². The van der Waals surface area contributed by atoms with Crippen molar-refractivity contribution in [2.24, 2.45) is 4.99 Å². The molecule has 9 rings (SSSR count). The van der Waals surface area contributed by atoms with Crippen molar-refractivity contribution < 1.29 is 23.0 Å². The molecule has 2 saturated heterocycles. The SMILES string of the molecule is CC1(C)O[C@@H]2[C@@H](O1)C(c1ccccc1)(c1ccccc1)OP(O[C@@H](c1ccccc1)[C@H](N=Cc1ccccc1)c1ccccc1)OC2(c1ccccc1)c1ccccc1. The Kier molecular flexibility index (Phi) is 11.2. The van der Waals surface area contributed by atoms with Gasteiger partial charge in [-0.2, -0.15) is 0 Å². The Morgan fingerprint density at radius 3 is 1.20 bits per heavy atom. The van der Waals surface area contributed by atoms with E-state index in [4.69, 9.17) is 28.0 Å². The number of ether oxygens (including phenoxy) is 2. The molecule has 2 heterocycles. The van der Waals surface area contributed by atoms with Crippen LogP contribution in [0.1, 0.15) is 64.9 Å². The van der Waals surface area contributed by atoms with E-state index < -0.39 is 49.9 Å². The Morgan fingerprint density at radius 1 is 0.475 bits per heavy atom. The van der Waals surface area contributed by atoms with Crippen molar-refractivity contribution in [3.05, 3.63) is 251 Å². The van der Waals surface area contributed by atoms with Crippen LogP contribution in [0, 0.1) is 0 Å². The molecular formula is C52H46NO5P. The Labute approximate surface area is 348 Å². The fraction of sp³-hybridized carbons (Fsp3) is 0.173. The molecule has 0 aliphatic carbocycles. The molecule has 0 amide bonds. The first kappa shape index (κ1) is 38.9. The first-order valence-electron chi connectivity index (χ1n) is 20.1. The van der Waals surface area contributed by atoms with Crippen LogP contribution >= 0.6 is 8.60 Å². The van der Waals surface area contributed by atoms with Crippen LogP contribution in [0.25, 0.3) is 0 Å². The maximum absolute atomic E-state index is 7.74. The van der Waals surface area contributed by atoms with E-state index in [0.29, 0.717) is 0 Å². The molecule has 7 aromatic rings. The van der Waals surface area contributed by atoms with Gasteiger partial charge in [-0.05, 0) is 52.8 Å². The van der Waals surface area contributed by atoms with Gasteiger partial charge in [-0.3, -0.25) is 14.0 Å². The van der Waals surface area contributed by atoms with Gasteiger partial charge in [-0.15, -0.1) is 0 Å². The van der Waals surface area contributed by atoms with E-state index in [1.165, 1.54) is 0 Å². The van der Waals surface area contributed by atoms with Gasteiger partial charge in [0.25, 0.3) is 0 Å². The van der Waals surface area contributed by atoms with Crippen LogP contribution in [0.2, 0.25) is 0 Å². The summed E-state index contributed by atoms with van der Waals surface area (Å²) in [6.45, 7) is 3.92. The number of fused-ring (bicyclic) bond motifs is 1. The number of benzene rings is 7. The molecule has 0 spiro atoms. The summed E-state index contributed by atoms with van der Waals surface area (Å²) < 4.78 is 37.5. The zero-order valence-electron chi connectivity index (χ0n) is 33.0. The Bertz CT molecular complexity index is 2240. The van der Waals surface area contributed by atoms with Crippen LogP contribution in [0.4, 0.5) is 0 Å². The second kappa shape index (κ2) is 17.0. The van der Waals surface area contributed by atoms with Crippen molar-refractivity contribution in [1.82, 2.24) is 0 Å². The third kappa shape index (κ3) is 7.72. The molecule has 0 bridgehead atoms. The smallest absolute Gasteiger partial charge is 0.336 e. The summed E-state index contributed by atoms with van der Waals surface area (Å²) in [6, 6.07) is 71.2. The van der Waals surface area contributed by atoms with Gasteiger partial charge in [0.1, 0.15) is 24.4 Å². The molecule has 294 valence electrons. The summed E-state index contributed by atoms with van der Waals surface area (Å²) in [5.74, 6) is -1.01. The second-order valence-electron chi connectivity index (χ2n) is 15.3. The highest BCUT2D eigenvalue weighted by Crippen LogP contribution is 2.66. The predicted molar refractivity (Wildman–Crippen MR) is 234 cm³/mol. The van der Waals surface area contributed by atoms with E-state index >= 15 is 0 Å². The number of hydrogen-bond acceptors (Lipinski definition) is 6. The average molecular weight is 796 g/mol. The fourth-order valence-electron chi connectivity index (χ4n) is 8.43. The minimum Gasteiger partial charge on any atom is -0.341 e. The zero-order chi connectivity index (χ0) is 40.1. The summed E-state index contributed by atoms with van der Waals surface area (Å²) >= 11 is 0. The van der Waals surface area contributed by atoms with E-state index in [1.807, 2.05) is 160 Å². The molecule has 2 aliphatic rings. The maximum Gasteiger partial charge on any atom is 0.336 e. The highest BCUT2D eigenvalue weighted by Gasteiger charge is 2.67. The Morgan fingerprint density at radius 2 is 0.814 bits per heavy atom. The van der Waals surface area contributed by atoms with Crippen molar-refractivity contribution in [1.29, 1.82) is 0 Å². The van der Waals surface area contributed by atoms with Crippen molar-refractivity contribution >= 4 is 14.8 Å². The highest BCUT2D eigenvalue weighted by atomic mass is 31.2. The number of rotatable bonds is 11. The predicted octanol–water partition coefficient (Wildman–Crippen LogP) is 12.3. The Hall–Kier alpha value is -5.56. The van der Waals surface area contributed by atoms with Crippen LogP contribution in [0.15, 0.2) is 217 Å². The number of hydrogen-bond donors (Lipinski definition) is 0. The number of nitrogens with zero attached hydrogens (tertiary/aromatic N) is 1. The largest absolute Gasteiger partial charge is 0.341 e. The van der Waals surface area contributed by atoms with Gasteiger partial charge in [0.15, 0.2) is 17.0 Å². The van der Waals surface area contributed by atoms with Crippen LogP contribution in [-0.2, 0) is 34.2 Å².